The number of β-amino-alcohol motifs (C(OH)–C–C–N with tert-alkyl or cyclic N) is 1. The van der Waals surface area contributed by atoms with E-state index in [4.69, 9.17) is 5.73 Å². The van der Waals surface area contributed by atoms with Gasteiger partial charge < -0.3 is 26.8 Å². The Bertz CT molecular complexity index is 898. The second-order valence-electron chi connectivity index (χ2n) is 11.0. The predicted molar refractivity (Wildman–Crippen MR) is 148 cm³/mol. The number of carbonyl (C=O) groups is 3. The van der Waals surface area contributed by atoms with E-state index < -0.39 is 24.1 Å². The van der Waals surface area contributed by atoms with E-state index in [1.165, 1.54) is 12.8 Å². The number of benzene rings is 1. The number of nitrogens with two attached hydrogens (primary N) is 1. The Labute approximate surface area is 227 Å². The van der Waals surface area contributed by atoms with Gasteiger partial charge in [0.2, 0.25) is 17.7 Å². The van der Waals surface area contributed by atoms with Gasteiger partial charge in [-0.15, -0.1) is 0 Å². The van der Waals surface area contributed by atoms with E-state index in [0.29, 0.717) is 24.8 Å². The van der Waals surface area contributed by atoms with E-state index >= 15 is 0 Å². The Kier molecular flexibility index (Phi) is 12.0. The number of rotatable bonds is 14. The van der Waals surface area contributed by atoms with Gasteiger partial charge in [-0.2, -0.15) is 0 Å². The molecule has 0 spiro atoms. The minimum absolute atomic E-state index is 0.0371. The molecule has 38 heavy (non-hydrogen) atoms. The highest BCUT2D eigenvalue weighted by Gasteiger charge is 2.41. The van der Waals surface area contributed by atoms with Crippen molar-refractivity contribution in [2.75, 3.05) is 26.7 Å². The second-order valence-corrected chi connectivity index (χ2v) is 11.0. The summed E-state index contributed by atoms with van der Waals surface area (Å²) in [5.74, 6) is 0.152. The number of piperidine rings is 1. The fourth-order valence-electron chi connectivity index (χ4n) is 6.01. The average molecular weight is 530 g/mol. The van der Waals surface area contributed by atoms with Crippen molar-refractivity contribution in [1.29, 1.82) is 0 Å². The van der Waals surface area contributed by atoms with Gasteiger partial charge in [0.1, 0.15) is 0 Å². The van der Waals surface area contributed by atoms with E-state index in [1.807, 2.05) is 30.3 Å². The first-order valence-electron chi connectivity index (χ1n) is 14.3. The Morgan fingerprint density at radius 1 is 1.13 bits per heavy atom. The number of likely N-dealkylation sites (tertiary alicyclic amines) is 1. The monoisotopic (exact) mass is 529 g/mol. The molecule has 9 heteroatoms. The maximum absolute atomic E-state index is 13.3. The summed E-state index contributed by atoms with van der Waals surface area (Å²) in [6.07, 6.45) is 6.90. The first-order valence-corrected chi connectivity index (χ1v) is 14.3. The molecule has 1 aliphatic carbocycles. The molecule has 6 N–H and O–H groups in total. The molecular weight excluding hydrogens is 482 g/mol. The lowest BCUT2D eigenvalue weighted by Gasteiger charge is -2.46. The fraction of sp³-hybridized carbons (Fsp3) is 0.690. The van der Waals surface area contributed by atoms with Crippen molar-refractivity contribution < 1.29 is 19.5 Å². The maximum Gasteiger partial charge on any atom is 0.237 e. The molecule has 0 radical (unpaired) electrons. The molecule has 2 aliphatic rings. The van der Waals surface area contributed by atoms with Crippen molar-refractivity contribution in [1.82, 2.24) is 20.9 Å². The van der Waals surface area contributed by atoms with Gasteiger partial charge in [-0.1, -0.05) is 62.9 Å². The molecule has 3 amide bonds. The van der Waals surface area contributed by atoms with Gasteiger partial charge >= 0.3 is 0 Å². The van der Waals surface area contributed by atoms with Crippen LogP contribution in [-0.4, -0.2) is 78.6 Å². The van der Waals surface area contributed by atoms with Gasteiger partial charge in [0.15, 0.2) is 0 Å². The summed E-state index contributed by atoms with van der Waals surface area (Å²) in [7, 11) is 1.60. The number of hydrogen-bond acceptors (Lipinski definition) is 6. The number of nitrogens with zero attached hydrogens (tertiary/aromatic N) is 1. The number of carbonyl (C=O) groups excluding carboxylic acids is 3. The summed E-state index contributed by atoms with van der Waals surface area (Å²) in [5, 5.41) is 20.4. The highest BCUT2D eigenvalue weighted by Crippen LogP contribution is 2.38. The average Bonchev–Trinajstić information content (AvgIpc) is 2.91. The Balaban J connectivity index is 1.77. The number of unbranched alkanes of at least 4 members (excludes halogenated alkanes) is 1. The normalized spacial score (nSPS) is 24.0. The number of amides is 3. The zero-order valence-electron chi connectivity index (χ0n) is 23.0. The molecule has 1 saturated carbocycles. The lowest BCUT2D eigenvalue weighted by atomic mass is 9.72. The molecule has 6 atom stereocenters. The van der Waals surface area contributed by atoms with E-state index in [1.54, 1.807) is 7.05 Å². The largest absolute Gasteiger partial charge is 0.390 e. The molecule has 1 aromatic rings. The minimum atomic E-state index is -0.906. The molecule has 0 bridgehead atoms. The van der Waals surface area contributed by atoms with Crippen molar-refractivity contribution >= 4 is 17.7 Å². The third-order valence-corrected chi connectivity index (χ3v) is 8.22. The van der Waals surface area contributed by atoms with Crippen LogP contribution in [-0.2, 0) is 20.8 Å². The standard InChI is InChI=1S/C29H47N5O4/c1-3-4-14-32-29(38)25-16-21-12-8-9-13-22(21)18-34(25)19-26(35)23(15-20-10-6-5-7-11-20)33-28(37)24(31-2)17-27(30)36/h5-7,10-11,21-26,31,35H,3-4,8-9,12-19H2,1-2H3,(H2,30,36)(H,32,38)(H,33,37). The molecule has 0 aromatic heterocycles. The number of nitrogens with one attached hydrogen (secondary N) is 3. The smallest absolute Gasteiger partial charge is 0.237 e. The fourth-order valence-corrected chi connectivity index (χ4v) is 6.01. The predicted octanol–water partition coefficient (Wildman–Crippen LogP) is 1.34. The molecule has 3 rings (SSSR count). The van der Waals surface area contributed by atoms with Crippen molar-refractivity contribution in [2.24, 2.45) is 17.6 Å². The molecule has 1 saturated heterocycles. The van der Waals surface area contributed by atoms with Crippen LogP contribution in [0.2, 0.25) is 0 Å². The number of aliphatic hydroxyl groups excluding tert-OH is 1. The molecule has 9 nitrogen and oxygen atoms in total. The Morgan fingerprint density at radius 3 is 2.50 bits per heavy atom. The summed E-state index contributed by atoms with van der Waals surface area (Å²) in [6, 6.07) is 8.03. The van der Waals surface area contributed by atoms with E-state index in [2.05, 4.69) is 27.8 Å². The van der Waals surface area contributed by atoms with Crippen LogP contribution in [0, 0.1) is 11.8 Å². The van der Waals surface area contributed by atoms with Crippen molar-refractivity contribution in [3.8, 4) is 0 Å². The summed E-state index contributed by atoms with van der Waals surface area (Å²) >= 11 is 0. The number of aliphatic hydroxyl groups is 1. The SMILES string of the molecule is CCCCNC(=O)C1CC2CCCCC2CN1CC(O)C(Cc1ccccc1)NC(=O)C(CC(N)=O)NC. The molecular formula is C29H47N5O4. The Hall–Kier alpha value is -2.49. The summed E-state index contributed by atoms with van der Waals surface area (Å²) in [4.78, 5) is 39.9. The second kappa shape index (κ2) is 15.2. The van der Waals surface area contributed by atoms with E-state index in [9.17, 15) is 19.5 Å². The molecule has 2 fully saturated rings. The maximum atomic E-state index is 13.3. The summed E-state index contributed by atoms with van der Waals surface area (Å²) < 4.78 is 0. The summed E-state index contributed by atoms with van der Waals surface area (Å²) in [5.41, 5.74) is 6.31. The molecule has 1 aromatic carbocycles. The van der Waals surface area contributed by atoms with Crippen LogP contribution < -0.4 is 21.7 Å². The van der Waals surface area contributed by atoms with Crippen molar-refractivity contribution in [3.63, 3.8) is 0 Å². The first-order chi connectivity index (χ1) is 18.3. The van der Waals surface area contributed by atoms with Crippen LogP contribution in [0.3, 0.4) is 0 Å². The van der Waals surface area contributed by atoms with Crippen molar-refractivity contribution in [3.05, 3.63) is 35.9 Å². The first kappa shape index (κ1) is 30.1. The third kappa shape index (κ3) is 8.78. The van der Waals surface area contributed by atoms with Crippen LogP contribution >= 0.6 is 0 Å². The Morgan fingerprint density at radius 2 is 1.84 bits per heavy atom. The molecule has 1 heterocycles. The van der Waals surface area contributed by atoms with Crippen LogP contribution in [0.15, 0.2) is 30.3 Å². The number of fused-ring (bicyclic) bond motifs is 1. The summed E-state index contributed by atoms with van der Waals surface area (Å²) in [6.45, 7) is 3.83. The van der Waals surface area contributed by atoms with E-state index in [0.717, 1.165) is 44.2 Å². The van der Waals surface area contributed by atoms with Gasteiger partial charge in [-0.3, -0.25) is 19.3 Å². The highest BCUT2D eigenvalue weighted by atomic mass is 16.3. The molecule has 212 valence electrons. The van der Waals surface area contributed by atoms with Crippen LogP contribution in [0.25, 0.3) is 0 Å². The number of hydrogen-bond donors (Lipinski definition) is 5. The topological polar surface area (TPSA) is 137 Å². The van der Waals surface area contributed by atoms with Crippen LogP contribution in [0.4, 0.5) is 0 Å². The van der Waals surface area contributed by atoms with E-state index in [-0.39, 0.29) is 30.8 Å². The highest BCUT2D eigenvalue weighted by molar-refractivity contribution is 5.88. The minimum Gasteiger partial charge on any atom is -0.390 e. The lowest BCUT2D eigenvalue weighted by Crippen LogP contribution is -2.59. The van der Waals surface area contributed by atoms with Crippen LogP contribution in [0.1, 0.15) is 63.9 Å². The van der Waals surface area contributed by atoms with Gasteiger partial charge in [0, 0.05) is 19.6 Å². The zero-order valence-corrected chi connectivity index (χ0v) is 23.0. The third-order valence-electron chi connectivity index (χ3n) is 8.22. The van der Waals surface area contributed by atoms with Gasteiger partial charge in [-0.05, 0) is 50.1 Å². The molecule has 1 aliphatic heterocycles. The van der Waals surface area contributed by atoms with Gasteiger partial charge in [0.25, 0.3) is 0 Å². The van der Waals surface area contributed by atoms with Gasteiger partial charge in [-0.25, -0.2) is 0 Å². The number of likely N-dealkylation sites (N-methyl/N-ethyl adjacent to an activating group) is 1. The van der Waals surface area contributed by atoms with Gasteiger partial charge in [0.05, 0.1) is 30.7 Å². The lowest BCUT2D eigenvalue weighted by molar-refractivity contribution is -0.132. The zero-order chi connectivity index (χ0) is 27.5. The van der Waals surface area contributed by atoms with Crippen LogP contribution in [0.5, 0.6) is 0 Å². The molecule has 6 unspecified atom stereocenters. The quantitative estimate of drug-likeness (QED) is 0.231. The van der Waals surface area contributed by atoms with Crippen molar-refractivity contribution in [2.45, 2.75) is 88.9 Å². The number of primary amides is 1.